The van der Waals surface area contributed by atoms with Crippen molar-refractivity contribution in [2.45, 2.75) is 19.8 Å². The van der Waals surface area contributed by atoms with Crippen LogP contribution in [0.1, 0.15) is 19.8 Å². The maximum Gasteiger partial charge on any atom is 0.227 e. The molecule has 0 unspecified atom stereocenters. The molecule has 4 nitrogen and oxygen atoms in total. The summed E-state index contributed by atoms with van der Waals surface area (Å²) in [6.45, 7) is 4.93. The van der Waals surface area contributed by atoms with Gasteiger partial charge in [-0.2, -0.15) is 0 Å². The van der Waals surface area contributed by atoms with Crippen LogP contribution >= 0.6 is 0 Å². The summed E-state index contributed by atoms with van der Waals surface area (Å²) in [6.07, 6.45) is 1.82. The molecule has 2 fully saturated rings. The van der Waals surface area contributed by atoms with Gasteiger partial charge in [0.25, 0.3) is 0 Å². The van der Waals surface area contributed by atoms with Gasteiger partial charge in [-0.1, -0.05) is 0 Å². The van der Waals surface area contributed by atoms with E-state index < -0.39 is 0 Å². The number of ketones is 1. The lowest BCUT2D eigenvalue weighted by molar-refractivity contribution is -0.134. The second-order valence-corrected chi connectivity index (χ2v) is 5.13. The van der Waals surface area contributed by atoms with Crippen LogP contribution in [0.15, 0.2) is 0 Å². The number of rotatable bonds is 2. The van der Waals surface area contributed by atoms with Gasteiger partial charge >= 0.3 is 0 Å². The molecule has 16 heavy (non-hydrogen) atoms. The van der Waals surface area contributed by atoms with Crippen LogP contribution in [-0.4, -0.2) is 54.7 Å². The Morgan fingerprint density at radius 2 is 1.75 bits per heavy atom. The quantitative estimate of drug-likeness (QED) is 0.680. The first-order valence-corrected chi connectivity index (χ1v) is 6.05. The Hall–Kier alpha value is -0.900. The second kappa shape index (κ2) is 4.53. The summed E-state index contributed by atoms with van der Waals surface area (Å²) in [5.74, 6) is 0.728. The second-order valence-electron chi connectivity index (χ2n) is 5.13. The maximum absolute atomic E-state index is 12.1. The predicted octanol–water partition coefficient (Wildman–Crippen LogP) is 0.376. The molecular weight excluding hydrogens is 204 g/mol. The van der Waals surface area contributed by atoms with Crippen LogP contribution in [0, 0.1) is 11.8 Å². The molecule has 2 atom stereocenters. The highest BCUT2D eigenvalue weighted by Crippen LogP contribution is 2.23. The lowest BCUT2D eigenvalue weighted by Crippen LogP contribution is -2.36. The highest BCUT2D eigenvalue weighted by Gasteiger charge is 2.34. The Morgan fingerprint density at radius 1 is 1.06 bits per heavy atom. The molecule has 0 spiro atoms. The van der Waals surface area contributed by atoms with Crippen LogP contribution in [0.2, 0.25) is 0 Å². The first-order valence-electron chi connectivity index (χ1n) is 6.05. The molecule has 90 valence electrons. The van der Waals surface area contributed by atoms with Gasteiger partial charge in [0.15, 0.2) is 0 Å². The number of amides is 1. The summed E-state index contributed by atoms with van der Waals surface area (Å²) in [5.41, 5.74) is 0. The number of nitrogens with zero attached hydrogens (tertiary/aromatic N) is 2. The predicted molar refractivity (Wildman–Crippen MR) is 61.0 cm³/mol. The van der Waals surface area contributed by atoms with Crippen LogP contribution in [0.5, 0.6) is 0 Å². The van der Waals surface area contributed by atoms with Gasteiger partial charge < -0.3 is 9.80 Å². The van der Waals surface area contributed by atoms with Crippen molar-refractivity contribution in [3.05, 3.63) is 0 Å². The van der Waals surface area contributed by atoms with Gasteiger partial charge in [0.05, 0.1) is 5.92 Å². The average molecular weight is 224 g/mol. The van der Waals surface area contributed by atoms with E-state index in [0.717, 1.165) is 32.5 Å². The average Bonchev–Trinajstić information content (AvgIpc) is 2.84. The van der Waals surface area contributed by atoms with Gasteiger partial charge in [-0.05, 0) is 33.4 Å². The standard InChI is InChI=1S/C12H20N2O2/c1-9(15)10-4-6-14(8-10)12(16)11-3-5-13(2)7-11/h10-11H,3-8H2,1-2H3/t10-,11-/m1/s1. The van der Waals surface area contributed by atoms with Gasteiger partial charge in [0.1, 0.15) is 5.78 Å². The number of carbonyl (C=O) groups is 2. The van der Waals surface area contributed by atoms with E-state index in [1.165, 1.54) is 0 Å². The number of Topliss-reactive ketones (excluding diaryl/α,β-unsaturated/α-hetero) is 1. The monoisotopic (exact) mass is 224 g/mol. The molecule has 0 bridgehead atoms. The lowest BCUT2D eigenvalue weighted by Gasteiger charge is -2.20. The van der Waals surface area contributed by atoms with Gasteiger partial charge in [0, 0.05) is 25.6 Å². The molecule has 2 rings (SSSR count). The Morgan fingerprint density at radius 3 is 2.25 bits per heavy atom. The summed E-state index contributed by atoms with van der Waals surface area (Å²) >= 11 is 0. The Balaban J connectivity index is 1.89. The van der Waals surface area contributed by atoms with Crippen LogP contribution in [0.25, 0.3) is 0 Å². The van der Waals surface area contributed by atoms with Crippen LogP contribution < -0.4 is 0 Å². The van der Waals surface area contributed by atoms with Gasteiger partial charge in [-0.3, -0.25) is 9.59 Å². The molecule has 0 N–H and O–H groups in total. The fourth-order valence-corrected chi connectivity index (χ4v) is 2.69. The van der Waals surface area contributed by atoms with Crippen molar-refractivity contribution in [2.75, 3.05) is 33.2 Å². The summed E-state index contributed by atoms with van der Waals surface area (Å²) < 4.78 is 0. The molecule has 0 aromatic carbocycles. The highest BCUT2D eigenvalue weighted by atomic mass is 16.2. The summed E-state index contributed by atoms with van der Waals surface area (Å²) in [7, 11) is 2.05. The zero-order valence-electron chi connectivity index (χ0n) is 10.1. The molecule has 0 aliphatic carbocycles. The maximum atomic E-state index is 12.1. The molecular formula is C12H20N2O2. The molecule has 0 saturated carbocycles. The summed E-state index contributed by atoms with van der Waals surface area (Å²) in [5, 5.41) is 0. The third kappa shape index (κ3) is 2.26. The van der Waals surface area contributed by atoms with Gasteiger partial charge in [-0.15, -0.1) is 0 Å². The number of likely N-dealkylation sites (tertiary alicyclic amines) is 2. The molecule has 1 amide bonds. The fourth-order valence-electron chi connectivity index (χ4n) is 2.69. The topological polar surface area (TPSA) is 40.6 Å². The fraction of sp³-hybridized carbons (Fsp3) is 0.833. The highest BCUT2D eigenvalue weighted by molar-refractivity contribution is 5.83. The number of hydrogen-bond acceptors (Lipinski definition) is 3. The number of carbonyl (C=O) groups excluding carboxylic acids is 2. The molecule has 4 heteroatoms. The van der Waals surface area contributed by atoms with E-state index in [1.54, 1.807) is 6.92 Å². The molecule has 2 aliphatic heterocycles. The van der Waals surface area contributed by atoms with E-state index in [9.17, 15) is 9.59 Å². The summed E-state index contributed by atoms with van der Waals surface area (Å²) in [6, 6.07) is 0. The van der Waals surface area contributed by atoms with Crippen molar-refractivity contribution in [3.63, 3.8) is 0 Å². The zero-order chi connectivity index (χ0) is 11.7. The van der Waals surface area contributed by atoms with E-state index in [4.69, 9.17) is 0 Å². The van der Waals surface area contributed by atoms with E-state index in [2.05, 4.69) is 11.9 Å². The van der Waals surface area contributed by atoms with E-state index in [-0.39, 0.29) is 23.5 Å². The summed E-state index contributed by atoms with van der Waals surface area (Å²) in [4.78, 5) is 27.5. The van der Waals surface area contributed by atoms with Crippen molar-refractivity contribution >= 4 is 11.7 Å². The Bertz CT molecular complexity index is 303. The first-order chi connectivity index (χ1) is 7.58. The smallest absolute Gasteiger partial charge is 0.227 e. The van der Waals surface area contributed by atoms with Crippen molar-refractivity contribution in [2.24, 2.45) is 11.8 Å². The van der Waals surface area contributed by atoms with Gasteiger partial charge in [0.2, 0.25) is 5.91 Å². The molecule has 0 radical (unpaired) electrons. The van der Waals surface area contributed by atoms with Crippen LogP contribution in [-0.2, 0) is 9.59 Å². The van der Waals surface area contributed by atoms with Crippen molar-refractivity contribution in [3.8, 4) is 0 Å². The minimum Gasteiger partial charge on any atom is -0.342 e. The molecule has 2 heterocycles. The SMILES string of the molecule is CC(=O)[C@@H]1CCN(C(=O)[C@@H]2CCN(C)C2)C1. The Kier molecular flexibility index (Phi) is 3.28. The third-order valence-electron chi connectivity index (χ3n) is 3.82. The zero-order valence-corrected chi connectivity index (χ0v) is 10.1. The normalized spacial score (nSPS) is 31.0. The minimum atomic E-state index is 0.0862. The van der Waals surface area contributed by atoms with Crippen molar-refractivity contribution in [1.29, 1.82) is 0 Å². The van der Waals surface area contributed by atoms with Crippen molar-refractivity contribution in [1.82, 2.24) is 9.80 Å². The molecule has 2 saturated heterocycles. The van der Waals surface area contributed by atoms with Gasteiger partial charge in [-0.25, -0.2) is 0 Å². The molecule has 2 aliphatic rings. The van der Waals surface area contributed by atoms with Crippen molar-refractivity contribution < 1.29 is 9.59 Å². The van der Waals surface area contributed by atoms with E-state index >= 15 is 0 Å². The lowest BCUT2D eigenvalue weighted by atomic mass is 10.1. The number of hydrogen-bond donors (Lipinski definition) is 0. The Labute approximate surface area is 96.6 Å². The van der Waals surface area contributed by atoms with E-state index in [1.807, 2.05) is 4.90 Å². The molecule has 0 aromatic rings. The van der Waals surface area contributed by atoms with Crippen LogP contribution in [0.3, 0.4) is 0 Å². The largest absolute Gasteiger partial charge is 0.342 e. The molecule has 0 aromatic heterocycles. The van der Waals surface area contributed by atoms with E-state index in [0.29, 0.717) is 6.54 Å². The minimum absolute atomic E-state index is 0.0862. The third-order valence-corrected chi connectivity index (χ3v) is 3.82. The first kappa shape index (κ1) is 11.6. The van der Waals surface area contributed by atoms with Crippen LogP contribution in [0.4, 0.5) is 0 Å².